The van der Waals surface area contributed by atoms with Crippen LogP contribution in [0.15, 0.2) is 49.1 Å². The molecule has 1 atom stereocenters. The number of hydrogen-bond donors (Lipinski definition) is 1. The number of pyridine rings is 1. The van der Waals surface area contributed by atoms with E-state index in [1.165, 1.54) is 17.5 Å². The van der Waals surface area contributed by atoms with Gasteiger partial charge in [0, 0.05) is 36.0 Å². The molecule has 1 aromatic carbocycles. The molecule has 3 heterocycles. The van der Waals surface area contributed by atoms with Crippen LogP contribution in [0.5, 0.6) is 5.75 Å². The van der Waals surface area contributed by atoms with Gasteiger partial charge in [-0.3, -0.25) is 4.98 Å². The van der Waals surface area contributed by atoms with E-state index in [2.05, 4.69) is 54.3 Å². The number of H-pyrrole nitrogens is 1. The van der Waals surface area contributed by atoms with Crippen molar-refractivity contribution in [1.82, 2.24) is 29.9 Å². The number of benzene rings is 1. The van der Waals surface area contributed by atoms with Crippen LogP contribution in [0.4, 0.5) is 0 Å². The first kappa shape index (κ1) is 18.5. The minimum Gasteiger partial charge on any atom is -0.496 e. The molecule has 0 radical (unpaired) electrons. The Morgan fingerprint density at radius 3 is 2.93 bits per heavy atom. The molecule has 0 bridgehead atoms. The molecule has 152 valence electrons. The number of aromatic amines is 1. The van der Waals surface area contributed by atoms with Gasteiger partial charge in [0.15, 0.2) is 0 Å². The van der Waals surface area contributed by atoms with Crippen molar-refractivity contribution in [1.29, 1.82) is 0 Å². The maximum Gasteiger partial charge on any atom is 0.122 e. The number of fused-ring (bicyclic) bond motifs is 1. The number of imidazole rings is 1. The zero-order valence-corrected chi connectivity index (χ0v) is 17.2. The van der Waals surface area contributed by atoms with E-state index >= 15 is 0 Å². The predicted molar refractivity (Wildman–Crippen MR) is 114 cm³/mol. The summed E-state index contributed by atoms with van der Waals surface area (Å²) in [5, 5.41) is 11.0. The number of ether oxygens (including phenoxy) is 1. The highest BCUT2D eigenvalue weighted by Gasteiger charge is 2.24. The van der Waals surface area contributed by atoms with E-state index in [0.29, 0.717) is 5.92 Å². The Bertz CT molecular complexity index is 1160. The highest BCUT2D eigenvalue weighted by molar-refractivity contribution is 5.67. The highest BCUT2D eigenvalue weighted by atomic mass is 16.5. The third-order valence-electron chi connectivity index (χ3n) is 5.87. The predicted octanol–water partition coefficient (Wildman–Crippen LogP) is 4.17. The Hall–Kier alpha value is -3.48. The zero-order chi connectivity index (χ0) is 20.5. The molecule has 0 saturated heterocycles. The third kappa shape index (κ3) is 3.36. The Balaban J connectivity index is 1.41. The van der Waals surface area contributed by atoms with Gasteiger partial charge in [0.2, 0.25) is 0 Å². The van der Waals surface area contributed by atoms with Crippen LogP contribution in [-0.2, 0) is 13.0 Å². The Kier molecular flexibility index (Phi) is 4.78. The van der Waals surface area contributed by atoms with Crippen molar-refractivity contribution in [3.63, 3.8) is 0 Å². The molecule has 30 heavy (non-hydrogen) atoms. The number of rotatable bonds is 5. The summed E-state index contributed by atoms with van der Waals surface area (Å²) in [6.07, 6.45) is 9.24. The molecule has 0 spiro atoms. The maximum absolute atomic E-state index is 5.66. The highest BCUT2D eigenvalue weighted by Crippen LogP contribution is 2.39. The summed E-state index contributed by atoms with van der Waals surface area (Å²) < 4.78 is 7.83. The van der Waals surface area contributed by atoms with Crippen molar-refractivity contribution in [3.8, 4) is 28.4 Å². The summed E-state index contributed by atoms with van der Waals surface area (Å²) in [5.74, 6) is 1.42. The van der Waals surface area contributed by atoms with E-state index < -0.39 is 0 Å². The quantitative estimate of drug-likeness (QED) is 0.544. The lowest BCUT2D eigenvalue weighted by atomic mass is 9.82. The normalized spacial score (nSPS) is 15.7. The third-order valence-corrected chi connectivity index (χ3v) is 5.87. The Labute approximate surface area is 175 Å². The fourth-order valence-corrected chi connectivity index (χ4v) is 4.44. The van der Waals surface area contributed by atoms with Gasteiger partial charge in [0.25, 0.3) is 0 Å². The van der Waals surface area contributed by atoms with Gasteiger partial charge >= 0.3 is 0 Å². The molecule has 4 aromatic rings. The second-order valence-electron chi connectivity index (χ2n) is 7.77. The van der Waals surface area contributed by atoms with E-state index in [9.17, 15) is 0 Å². The van der Waals surface area contributed by atoms with Crippen LogP contribution >= 0.6 is 0 Å². The van der Waals surface area contributed by atoms with E-state index in [4.69, 9.17) is 4.74 Å². The molecule has 7 heteroatoms. The van der Waals surface area contributed by atoms with E-state index in [0.717, 1.165) is 53.5 Å². The second kappa shape index (κ2) is 7.74. The summed E-state index contributed by atoms with van der Waals surface area (Å²) in [7, 11) is 1.76. The van der Waals surface area contributed by atoms with E-state index in [-0.39, 0.29) is 0 Å². The van der Waals surface area contributed by atoms with Crippen molar-refractivity contribution in [2.75, 3.05) is 7.11 Å². The molecule has 0 amide bonds. The number of hydrogen-bond acceptors (Lipinski definition) is 5. The average Bonchev–Trinajstić information content (AvgIpc) is 3.42. The van der Waals surface area contributed by atoms with Gasteiger partial charge in [0.05, 0.1) is 24.8 Å². The topological polar surface area (TPSA) is 81.5 Å². The second-order valence-corrected chi connectivity index (χ2v) is 7.77. The number of aryl methyl sites for hydroxylation is 2. The molecular weight excluding hydrogens is 376 g/mol. The molecule has 0 saturated carbocycles. The molecule has 1 unspecified atom stereocenters. The first-order chi connectivity index (χ1) is 14.7. The van der Waals surface area contributed by atoms with Crippen molar-refractivity contribution in [3.05, 3.63) is 65.9 Å². The monoisotopic (exact) mass is 400 g/mol. The van der Waals surface area contributed by atoms with Gasteiger partial charge in [-0.1, -0.05) is 12.1 Å². The summed E-state index contributed by atoms with van der Waals surface area (Å²) in [4.78, 5) is 9.14. The van der Waals surface area contributed by atoms with Crippen molar-refractivity contribution in [2.24, 2.45) is 0 Å². The van der Waals surface area contributed by atoms with Crippen LogP contribution in [0.2, 0.25) is 0 Å². The fraction of sp³-hybridized carbons (Fsp3) is 0.304. The minimum atomic E-state index is 0.420. The summed E-state index contributed by atoms with van der Waals surface area (Å²) in [6.45, 7) is 2.81. The van der Waals surface area contributed by atoms with Gasteiger partial charge in [-0.25, -0.2) is 4.98 Å². The molecule has 0 fully saturated rings. The molecule has 7 nitrogen and oxygen atoms in total. The SMILES string of the molecule is COc1cccc2c1C(Cn1cnc(-c3cc(-c4n[nH]nc4C)ccn3)c1)CCC2. The number of aromatic nitrogens is 6. The van der Waals surface area contributed by atoms with Crippen LogP contribution in [0.1, 0.15) is 35.6 Å². The van der Waals surface area contributed by atoms with Gasteiger partial charge in [0.1, 0.15) is 17.1 Å². The average molecular weight is 400 g/mol. The number of methoxy groups -OCH3 is 1. The lowest BCUT2D eigenvalue weighted by Crippen LogP contribution is -2.16. The largest absolute Gasteiger partial charge is 0.496 e. The van der Waals surface area contributed by atoms with Gasteiger partial charge < -0.3 is 9.30 Å². The number of nitrogens with one attached hydrogen (secondary N) is 1. The lowest BCUT2D eigenvalue weighted by Gasteiger charge is -2.27. The summed E-state index contributed by atoms with van der Waals surface area (Å²) >= 11 is 0. The molecule has 5 rings (SSSR count). The standard InChI is InChI=1S/C23H24N6O/c1-15-23(27-28-26-15)17-9-10-24-19(11-17)20-13-29(14-25-20)12-18-7-3-5-16-6-4-8-21(30-2)22(16)18/h4,6,8-11,13-14,18H,3,5,7,12H2,1-2H3,(H,26,27,28). The van der Waals surface area contributed by atoms with Crippen LogP contribution in [0.3, 0.4) is 0 Å². The van der Waals surface area contributed by atoms with Crippen LogP contribution in [-0.4, -0.2) is 37.1 Å². The fourth-order valence-electron chi connectivity index (χ4n) is 4.44. The summed E-state index contributed by atoms with van der Waals surface area (Å²) in [5.41, 5.74) is 7.12. The molecule has 1 aliphatic rings. The summed E-state index contributed by atoms with van der Waals surface area (Å²) in [6, 6.07) is 10.3. The molecular formula is C23H24N6O. The van der Waals surface area contributed by atoms with Crippen LogP contribution in [0, 0.1) is 6.92 Å². The van der Waals surface area contributed by atoms with Gasteiger partial charge in [-0.15, -0.1) is 0 Å². The van der Waals surface area contributed by atoms with E-state index in [1.807, 2.05) is 25.4 Å². The maximum atomic E-state index is 5.66. The number of nitrogens with zero attached hydrogens (tertiary/aromatic N) is 5. The lowest BCUT2D eigenvalue weighted by molar-refractivity contribution is 0.390. The van der Waals surface area contributed by atoms with Gasteiger partial charge in [-0.05, 0) is 49.9 Å². The molecule has 3 aromatic heterocycles. The van der Waals surface area contributed by atoms with Gasteiger partial charge in [-0.2, -0.15) is 15.4 Å². The molecule has 1 aliphatic carbocycles. The van der Waals surface area contributed by atoms with Crippen LogP contribution < -0.4 is 4.74 Å². The first-order valence-corrected chi connectivity index (χ1v) is 10.2. The molecule has 1 N–H and O–H groups in total. The van der Waals surface area contributed by atoms with Crippen molar-refractivity contribution in [2.45, 2.75) is 38.6 Å². The van der Waals surface area contributed by atoms with E-state index in [1.54, 1.807) is 13.3 Å². The van der Waals surface area contributed by atoms with Crippen molar-refractivity contribution >= 4 is 0 Å². The first-order valence-electron chi connectivity index (χ1n) is 10.2. The zero-order valence-electron chi connectivity index (χ0n) is 17.2. The smallest absolute Gasteiger partial charge is 0.122 e. The Morgan fingerprint density at radius 2 is 2.10 bits per heavy atom. The molecule has 0 aliphatic heterocycles. The van der Waals surface area contributed by atoms with Crippen LogP contribution in [0.25, 0.3) is 22.6 Å². The Morgan fingerprint density at radius 1 is 1.17 bits per heavy atom. The minimum absolute atomic E-state index is 0.420. The van der Waals surface area contributed by atoms with Crippen molar-refractivity contribution < 1.29 is 4.74 Å².